The van der Waals surface area contributed by atoms with Crippen LogP contribution in [0.5, 0.6) is 11.5 Å². The molecule has 1 saturated heterocycles. The van der Waals surface area contributed by atoms with E-state index in [9.17, 15) is 24.6 Å². The third-order valence-corrected chi connectivity index (χ3v) is 5.83. The van der Waals surface area contributed by atoms with Crippen molar-refractivity contribution in [1.29, 1.82) is 0 Å². The van der Waals surface area contributed by atoms with E-state index in [-0.39, 0.29) is 17.9 Å². The molecule has 2 atom stereocenters. The second-order valence-electron chi connectivity index (χ2n) is 8.69. The van der Waals surface area contributed by atoms with Crippen molar-refractivity contribution in [2.24, 2.45) is 0 Å². The zero-order valence-corrected chi connectivity index (χ0v) is 20.6. The van der Waals surface area contributed by atoms with Gasteiger partial charge in [-0.2, -0.15) is 0 Å². The van der Waals surface area contributed by atoms with Crippen molar-refractivity contribution >= 4 is 18.0 Å². The smallest absolute Gasteiger partial charge is 0.408 e. The van der Waals surface area contributed by atoms with E-state index >= 15 is 0 Å². The molecule has 200 valence electrons. The summed E-state index contributed by atoms with van der Waals surface area (Å²) in [7, 11) is 0. The lowest BCUT2D eigenvalue weighted by Crippen LogP contribution is -2.48. The minimum absolute atomic E-state index is 0.0263. The van der Waals surface area contributed by atoms with Gasteiger partial charge in [0.15, 0.2) is 0 Å². The number of carboxylic acid groups (broad SMARTS) is 1. The first-order valence-corrected chi connectivity index (χ1v) is 12.3. The van der Waals surface area contributed by atoms with Crippen LogP contribution in [0, 0.1) is 0 Å². The number of hydrogen-bond acceptors (Lipinski definition) is 8. The molecule has 2 aromatic carbocycles. The van der Waals surface area contributed by atoms with Gasteiger partial charge in [0.25, 0.3) is 5.91 Å². The number of carboxylic acids is 1. The fourth-order valence-corrected chi connectivity index (χ4v) is 3.82. The third-order valence-electron chi connectivity index (χ3n) is 5.83. The van der Waals surface area contributed by atoms with Gasteiger partial charge < -0.3 is 41.0 Å². The number of rotatable bonds is 12. The minimum atomic E-state index is -1.42. The van der Waals surface area contributed by atoms with Crippen molar-refractivity contribution in [1.82, 2.24) is 21.3 Å². The van der Waals surface area contributed by atoms with E-state index < -0.39 is 30.6 Å². The number of hydrogen-bond donors (Lipinski definition) is 6. The summed E-state index contributed by atoms with van der Waals surface area (Å²) < 4.78 is 10.7. The predicted octanol–water partition coefficient (Wildman–Crippen LogP) is 1.61. The van der Waals surface area contributed by atoms with E-state index in [4.69, 9.17) is 9.47 Å². The summed E-state index contributed by atoms with van der Waals surface area (Å²) >= 11 is 0. The summed E-state index contributed by atoms with van der Waals surface area (Å²) in [6, 6.07) is 12.2. The molecule has 2 aromatic rings. The lowest BCUT2D eigenvalue weighted by atomic mass is 10.1. The summed E-state index contributed by atoms with van der Waals surface area (Å²) in [5, 5.41) is 31.1. The predicted molar refractivity (Wildman–Crippen MR) is 136 cm³/mol. The Labute approximate surface area is 215 Å². The Kier molecular flexibility index (Phi) is 11.0. The van der Waals surface area contributed by atoms with Crippen LogP contribution in [-0.2, 0) is 16.1 Å². The first-order valence-electron chi connectivity index (χ1n) is 12.3. The topological polar surface area (TPSA) is 158 Å². The maximum absolute atomic E-state index is 12.5. The van der Waals surface area contributed by atoms with Crippen molar-refractivity contribution in [2.45, 2.75) is 38.0 Å². The Morgan fingerprint density at radius 1 is 1.11 bits per heavy atom. The van der Waals surface area contributed by atoms with E-state index in [1.54, 1.807) is 30.3 Å². The molecule has 0 saturated carbocycles. The number of aliphatic carboxylic acids is 1. The molecular formula is C26H34N4O7. The summed E-state index contributed by atoms with van der Waals surface area (Å²) in [5.74, 6) is -1.95. The quantitative estimate of drug-likeness (QED) is 0.231. The number of carbonyl (C=O) groups is 3. The Balaban J connectivity index is 1.42. The van der Waals surface area contributed by atoms with Crippen LogP contribution >= 0.6 is 0 Å². The molecule has 1 aliphatic rings. The average molecular weight is 515 g/mol. The third kappa shape index (κ3) is 9.62. The molecular weight excluding hydrogens is 480 g/mol. The summed E-state index contributed by atoms with van der Waals surface area (Å²) in [6.45, 7) is 2.58. The van der Waals surface area contributed by atoms with Gasteiger partial charge in [0, 0.05) is 31.7 Å². The molecule has 0 spiro atoms. The number of ether oxygens (including phenoxy) is 2. The van der Waals surface area contributed by atoms with Gasteiger partial charge in [0.05, 0.1) is 5.56 Å². The van der Waals surface area contributed by atoms with Crippen molar-refractivity contribution < 1.29 is 34.1 Å². The Bertz CT molecular complexity index is 1030. The zero-order valence-electron chi connectivity index (χ0n) is 20.6. The number of phenolic OH excluding ortho intramolecular Hbond substituents is 1. The van der Waals surface area contributed by atoms with Crippen LogP contribution in [-0.4, -0.2) is 73.1 Å². The van der Waals surface area contributed by atoms with Gasteiger partial charge in [-0.15, -0.1) is 0 Å². The lowest BCUT2D eigenvalue weighted by Gasteiger charge is -2.17. The van der Waals surface area contributed by atoms with Gasteiger partial charge in [-0.25, -0.2) is 9.59 Å². The van der Waals surface area contributed by atoms with Crippen LogP contribution in [0.25, 0.3) is 0 Å². The summed E-state index contributed by atoms with van der Waals surface area (Å²) in [5.41, 5.74) is 0.694. The van der Waals surface area contributed by atoms with Crippen molar-refractivity contribution in [3.8, 4) is 11.5 Å². The second-order valence-corrected chi connectivity index (χ2v) is 8.69. The van der Waals surface area contributed by atoms with Crippen LogP contribution in [0.4, 0.5) is 4.79 Å². The van der Waals surface area contributed by atoms with Gasteiger partial charge in [-0.1, -0.05) is 36.8 Å². The van der Waals surface area contributed by atoms with E-state index in [0.29, 0.717) is 24.9 Å². The molecule has 37 heavy (non-hydrogen) atoms. The molecule has 2 amide bonds. The first-order chi connectivity index (χ1) is 17.9. The monoisotopic (exact) mass is 514 g/mol. The SMILES string of the molecule is O=C(N[C@@H](CNC(=O)c1ccc(OCCNC2CCCCNC2)cc1O)C(=O)O)OCc1ccccc1. The molecule has 1 fully saturated rings. The maximum Gasteiger partial charge on any atom is 0.408 e. The van der Waals surface area contributed by atoms with Gasteiger partial charge in [-0.3, -0.25) is 4.79 Å². The largest absolute Gasteiger partial charge is 0.507 e. The Hall–Kier alpha value is -3.83. The van der Waals surface area contributed by atoms with Crippen molar-refractivity contribution in [2.75, 3.05) is 32.8 Å². The second kappa shape index (κ2) is 14.7. The van der Waals surface area contributed by atoms with E-state index in [2.05, 4.69) is 21.3 Å². The van der Waals surface area contributed by atoms with Crippen LogP contribution in [0.3, 0.4) is 0 Å². The molecule has 0 radical (unpaired) electrons. The van der Waals surface area contributed by atoms with Crippen LogP contribution in [0.1, 0.15) is 35.2 Å². The first kappa shape index (κ1) is 27.8. The van der Waals surface area contributed by atoms with Crippen LogP contribution in [0.2, 0.25) is 0 Å². The molecule has 0 aliphatic carbocycles. The van der Waals surface area contributed by atoms with E-state index in [0.717, 1.165) is 25.1 Å². The van der Waals surface area contributed by atoms with Crippen LogP contribution < -0.4 is 26.0 Å². The fourth-order valence-electron chi connectivity index (χ4n) is 3.82. The molecule has 11 nitrogen and oxygen atoms in total. The molecule has 3 rings (SSSR count). The fraction of sp³-hybridized carbons (Fsp3) is 0.423. The number of nitrogens with one attached hydrogen (secondary N) is 4. The minimum Gasteiger partial charge on any atom is -0.507 e. The molecule has 1 unspecified atom stereocenters. The molecule has 0 bridgehead atoms. The summed E-state index contributed by atoms with van der Waals surface area (Å²) in [6.07, 6.45) is 2.55. The van der Waals surface area contributed by atoms with Gasteiger partial charge in [0.1, 0.15) is 30.8 Å². The summed E-state index contributed by atoms with van der Waals surface area (Å²) in [4.78, 5) is 36.0. The van der Waals surface area contributed by atoms with Crippen molar-refractivity contribution in [3.63, 3.8) is 0 Å². The van der Waals surface area contributed by atoms with Gasteiger partial charge >= 0.3 is 12.1 Å². The number of amides is 2. The standard InChI is InChI=1S/C26H34N4O7/c31-23-14-20(36-13-12-28-19-8-4-5-11-27-15-19)9-10-21(23)24(32)29-16-22(25(33)34)30-26(35)37-17-18-6-2-1-3-7-18/h1-3,6-7,9-10,14,19,22,27-28,31H,4-5,8,11-13,15-17H2,(H,29,32)(H,30,35)(H,33,34)/t19?,22-/m0/s1. The Morgan fingerprint density at radius 3 is 2.68 bits per heavy atom. The van der Waals surface area contributed by atoms with E-state index in [1.807, 2.05) is 6.07 Å². The number of benzene rings is 2. The van der Waals surface area contributed by atoms with Crippen molar-refractivity contribution in [3.05, 3.63) is 59.7 Å². The number of aromatic hydroxyl groups is 1. The Morgan fingerprint density at radius 2 is 1.92 bits per heavy atom. The zero-order chi connectivity index (χ0) is 26.5. The normalized spacial score (nSPS) is 16.2. The highest BCUT2D eigenvalue weighted by Gasteiger charge is 2.22. The number of carbonyl (C=O) groups excluding carboxylic acids is 2. The molecule has 6 N–H and O–H groups in total. The van der Waals surface area contributed by atoms with Crippen LogP contribution in [0.15, 0.2) is 48.5 Å². The molecule has 0 aromatic heterocycles. The molecule has 1 aliphatic heterocycles. The number of phenols is 1. The highest BCUT2D eigenvalue weighted by atomic mass is 16.5. The molecule has 1 heterocycles. The highest BCUT2D eigenvalue weighted by molar-refractivity contribution is 5.97. The highest BCUT2D eigenvalue weighted by Crippen LogP contribution is 2.23. The average Bonchev–Trinajstić information content (AvgIpc) is 3.17. The van der Waals surface area contributed by atoms with E-state index in [1.165, 1.54) is 25.0 Å². The number of alkyl carbamates (subject to hydrolysis) is 1. The maximum atomic E-state index is 12.5. The van der Waals surface area contributed by atoms with Gasteiger partial charge in [-0.05, 0) is 37.1 Å². The van der Waals surface area contributed by atoms with Gasteiger partial charge in [0.2, 0.25) is 0 Å². The lowest BCUT2D eigenvalue weighted by molar-refractivity contribution is -0.139. The molecule has 11 heteroatoms.